The predicted octanol–water partition coefficient (Wildman–Crippen LogP) is 0.209. The molecule has 0 fully saturated rings. The van der Waals surface area contributed by atoms with Gasteiger partial charge in [0.25, 0.3) is 0 Å². The van der Waals surface area contributed by atoms with Crippen LogP contribution in [-0.4, -0.2) is 25.0 Å². The lowest BCUT2D eigenvalue weighted by Crippen LogP contribution is -2.23. The number of nitrogens with two attached hydrogens (primary N) is 1. The van der Waals surface area contributed by atoms with Gasteiger partial charge in [-0.3, -0.25) is 4.68 Å². The first-order valence-electron chi connectivity index (χ1n) is 6.13. The number of rotatable bonds is 4. The fourth-order valence-corrected chi connectivity index (χ4v) is 3.05. The van der Waals surface area contributed by atoms with Crippen LogP contribution < -0.4 is 19.9 Å². The summed E-state index contributed by atoms with van der Waals surface area (Å²) in [6.07, 6.45) is 1.22. The number of nitrogen functional groups attached to an aromatic ring is 1. The van der Waals surface area contributed by atoms with Gasteiger partial charge in [-0.15, -0.1) is 0 Å². The van der Waals surface area contributed by atoms with Crippen LogP contribution in [0.2, 0.25) is 0 Å². The quantitative estimate of drug-likeness (QED) is 0.835. The third-order valence-electron chi connectivity index (χ3n) is 3.14. The van der Waals surface area contributed by atoms with Crippen molar-refractivity contribution >= 4 is 15.8 Å². The van der Waals surface area contributed by atoms with E-state index in [1.807, 2.05) is 0 Å². The zero-order chi connectivity index (χ0) is 15.0. The molecule has 0 unspecified atom stereocenters. The fraction of sp³-hybridized carbons (Fsp3) is 0.250. The number of anilines is 1. The predicted molar refractivity (Wildman–Crippen MR) is 74.2 cm³/mol. The normalized spacial score (nSPS) is 13.6. The number of hydrogen-bond donors (Lipinski definition) is 2. The number of benzene rings is 1. The number of aryl methyl sites for hydroxylation is 1. The lowest BCUT2D eigenvalue weighted by molar-refractivity contribution is 0.174. The van der Waals surface area contributed by atoms with Gasteiger partial charge in [-0.05, 0) is 17.7 Å². The largest absolute Gasteiger partial charge is 0.454 e. The molecule has 9 heteroatoms. The van der Waals surface area contributed by atoms with Crippen LogP contribution in [0.4, 0.5) is 5.82 Å². The molecule has 1 aliphatic heterocycles. The van der Waals surface area contributed by atoms with E-state index in [1.54, 1.807) is 25.2 Å². The zero-order valence-corrected chi connectivity index (χ0v) is 12.1. The van der Waals surface area contributed by atoms with E-state index in [4.69, 9.17) is 15.2 Å². The van der Waals surface area contributed by atoms with Crippen LogP contribution in [0.1, 0.15) is 5.56 Å². The van der Waals surface area contributed by atoms with Gasteiger partial charge in [0.05, 0.1) is 6.20 Å². The average molecular weight is 310 g/mol. The summed E-state index contributed by atoms with van der Waals surface area (Å²) in [6.45, 7) is 0.296. The highest BCUT2D eigenvalue weighted by molar-refractivity contribution is 7.89. The molecule has 0 saturated carbocycles. The highest BCUT2D eigenvalue weighted by atomic mass is 32.2. The molecule has 3 N–H and O–H groups in total. The Balaban J connectivity index is 1.76. The summed E-state index contributed by atoms with van der Waals surface area (Å²) in [5.74, 6) is 1.35. The molecule has 8 nitrogen and oxygen atoms in total. The van der Waals surface area contributed by atoms with Crippen LogP contribution >= 0.6 is 0 Å². The van der Waals surface area contributed by atoms with E-state index in [1.165, 1.54) is 10.9 Å². The Labute approximate surface area is 121 Å². The van der Waals surface area contributed by atoms with E-state index in [-0.39, 0.29) is 24.1 Å². The van der Waals surface area contributed by atoms with E-state index < -0.39 is 10.0 Å². The third kappa shape index (κ3) is 2.52. The summed E-state index contributed by atoms with van der Waals surface area (Å²) in [4.78, 5) is -0.0363. The number of hydrogen-bond acceptors (Lipinski definition) is 6. The zero-order valence-electron chi connectivity index (χ0n) is 11.2. The van der Waals surface area contributed by atoms with Crippen LogP contribution in [-0.2, 0) is 23.6 Å². The van der Waals surface area contributed by atoms with E-state index in [0.29, 0.717) is 11.5 Å². The monoisotopic (exact) mass is 310 g/mol. The SMILES string of the molecule is Cn1ncc(S(=O)(=O)NCc2ccc3c(c2)OCO3)c1N. The molecular formula is C12H14N4O4S. The van der Waals surface area contributed by atoms with Crippen molar-refractivity contribution in [1.29, 1.82) is 0 Å². The van der Waals surface area contributed by atoms with Gasteiger partial charge in [-0.25, -0.2) is 13.1 Å². The second-order valence-electron chi connectivity index (χ2n) is 4.53. The minimum atomic E-state index is -3.71. The summed E-state index contributed by atoms with van der Waals surface area (Å²) in [6, 6.07) is 5.24. The Morgan fingerprint density at radius 3 is 2.86 bits per heavy atom. The molecule has 2 aromatic rings. The first-order valence-corrected chi connectivity index (χ1v) is 7.61. The number of aromatic nitrogens is 2. The van der Waals surface area contributed by atoms with Crippen molar-refractivity contribution in [3.63, 3.8) is 0 Å². The van der Waals surface area contributed by atoms with Crippen LogP contribution in [0.25, 0.3) is 0 Å². The van der Waals surface area contributed by atoms with E-state index in [0.717, 1.165) is 5.56 Å². The molecule has 1 aliphatic rings. The van der Waals surface area contributed by atoms with E-state index >= 15 is 0 Å². The van der Waals surface area contributed by atoms with E-state index in [2.05, 4.69) is 9.82 Å². The Morgan fingerprint density at radius 1 is 1.38 bits per heavy atom. The molecule has 0 atom stereocenters. The Morgan fingerprint density at radius 2 is 2.14 bits per heavy atom. The fourth-order valence-electron chi connectivity index (χ4n) is 1.94. The second-order valence-corrected chi connectivity index (χ2v) is 6.27. The molecule has 3 rings (SSSR count). The van der Waals surface area contributed by atoms with Crippen molar-refractivity contribution in [3.8, 4) is 11.5 Å². The molecule has 112 valence electrons. The van der Waals surface area contributed by atoms with Crippen LogP contribution in [0.5, 0.6) is 11.5 Å². The van der Waals surface area contributed by atoms with Gasteiger partial charge in [-0.2, -0.15) is 5.10 Å². The smallest absolute Gasteiger partial charge is 0.246 e. The minimum Gasteiger partial charge on any atom is -0.454 e. The Hall–Kier alpha value is -2.26. The molecule has 0 amide bonds. The molecule has 0 aliphatic carbocycles. The first-order chi connectivity index (χ1) is 9.97. The molecule has 0 bridgehead atoms. The molecule has 0 saturated heterocycles. The van der Waals surface area contributed by atoms with Gasteiger partial charge >= 0.3 is 0 Å². The minimum absolute atomic E-state index is 0.0363. The van der Waals surface area contributed by atoms with Crippen LogP contribution in [0.3, 0.4) is 0 Å². The number of fused-ring (bicyclic) bond motifs is 1. The third-order valence-corrected chi connectivity index (χ3v) is 4.56. The summed E-state index contributed by atoms with van der Waals surface area (Å²) in [7, 11) is -2.14. The summed E-state index contributed by atoms with van der Waals surface area (Å²) in [5, 5.41) is 3.82. The number of nitrogens with one attached hydrogen (secondary N) is 1. The topological polar surface area (TPSA) is 108 Å². The molecule has 1 aromatic carbocycles. The number of sulfonamides is 1. The lowest BCUT2D eigenvalue weighted by Gasteiger charge is -2.07. The standard InChI is InChI=1S/C12H14N4O4S/c1-16-12(13)11(6-14-16)21(17,18)15-5-8-2-3-9-10(4-8)20-7-19-9/h2-4,6,15H,5,7,13H2,1H3. The molecule has 1 aromatic heterocycles. The Bertz CT molecular complexity index is 785. The maximum atomic E-state index is 12.2. The van der Waals surface area contributed by atoms with Gasteiger partial charge in [-0.1, -0.05) is 6.07 Å². The molecule has 2 heterocycles. The van der Waals surface area contributed by atoms with Gasteiger partial charge in [0, 0.05) is 13.6 Å². The van der Waals surface area contributed by atoms with Crippen LogP contribution in [0, 0.1) is 0 Å². The summed E-state index contributed by atoms with van der Waals surface area (Å²) < 4.78 is 38.6. The highest BCUT2D eigenvalue weighted by Gasteiger charge is 2.21. The molecule has 0 spiro atoms. The Kier molecular flexibility index (Phi) is 3.22. The lowest BCUT2D eigenvalue weighted by atomic mass is 10.2. The van der Waals surface area contributed by atoms with Crippen molar-refractivity contribution in [1.82, 2.24) is 14.5 Å². The number of nitrogens with zero attached hydrogens (tertiary/aromatic N) is 2. The second kappa shape index (κ2) is 4.93. The van der Waals surface area contributed by atoms with Crippen molar-refractivity contribution < 1.29 is 17.9 Å². The van der Waals surface area contributed by atoms with Crippen LogP contribution in [0.15, 0.2) is 29.3 Å². The van der Waals surface area contributed by atoms with E-state index in [9.17, 15) is 8.42 Å². The average Bonchev–Trinajstić information content (AvgIpc) is 3.04. The van der Waals surface area contributed by atoms with Gasteiger partial charge in [0.15, 0.2) is 11.5 Å². The van der Waals surface area contributed by atoms with Gasteiger partial charge in [0.1, 0.15) is 10.7 Å². The van der Waals surface area contributed by atoms with Crippen molar-refractivity contribution in [2.24, 2.45) is 7.05 Å². The highest BCUT2D eigenvalue weighted by Crippen LogP contribution is 2.32. The number of ether oxygens (including phenoxy) is 2. The summed E-state index contributed by atoms with van der Waals surface area (Å²) in [5.41, 5.74) is 6.43. The first kappa shape index (κ1) is 13.7. The van der Waals surface area contributed by atoms with Crippen molar-refractivity contribution in [2.75, 3.05) is 12.5 Å². The molecular weight excluding hydrogens is 296 g/mol. The maximum Gasteiger partial charge on any atom is 0.246 e. The van der Waals surface area contributed by atoms with Gasteiger partial charge < -0.3 is 15.2 Å². The van der Waals surface area contributed by atoms with Crippen molar-refractivity contribution in [2.45, 2.75) is 11.4 Å². The van der Waals surface area contributed by atoms with Crippen molar-refractivity contribution in [3.05, 3.63) is 30.0 Å². The molecule has 0 radical (unpaired) electrons. The molecule has 21 heavy (non-hydrogen) atoms. The maximum absolute atomic E-state index is 12.2. The summed E-state index contributed by atoms with van der Waals surface area (Å²) >= 11 is 0. The van der Waals surface area contributed by atoms with Gasteiger partial charge in [0.2, 0.25) is 16.8 Å².